The van der Waals surface area contributed by atoms with Crippen molar-refractivity contribution >= 4 is 51.2 Å². The average molecular weight is 541 g/mol. The van der Waals surface area contributed by atoms with E-state index in [0.29, 0.717) is 11.5 Å². The average Bonchev–Trinajstić information content (AvgIpc) is 2.46. The Bertz CT molecular complexity index is 728. The van der Waals surface area contributed by atoms with Crippen molar-refractivity contribution in [2.75, 3.05) is 0 Å². The van der Waals surface area contributed by atoms with Crippen molar-refractivity contribution in [1.82, 2.24) is 0 Å². The molecule has 6 nitrogen and oxygen atoms in total. The van der Waals surface area contributed by atoms with Gasteiger partial charge in [-0.25, -0.2) is 0 Å². The minimum absolute atomic E-state index is 0.222. The van der Waals surface area contributed by atoms with Gasteiger partial charge in [0.2, 0.25) is 0 Å². The van der Waals surface area contributed by atoms with Gasteiger partial charge in [-0.3, -0.25) is 4.79 Å². The van der Waals surface area contributed by atoms with E-state index in [1.807, 2.05) is 0 Å². The highest BCUT2D eigenvalue weighted by Crippen LogP contribution is 2.36. The zero-order valence-corrected chi connectivity index (χ0v) is 16.0. The third-order valence-corrected chi connectivity index (χ3v) is 4.60. The fraction of sp³-hybridized carbons (Fsp3) is 0.133. The van der Waals surface area contributed by atoms with Crippen molar-refractivity contribution in [1.29, 1.82) is 0 Å². The van der Waals surface area contributed by atoms with E-state index in [1.54, 1.807) is 12.1 Å². The molecular weight excluding hydrogens is 528 g/mol. The summed E-state index contributed by atoms with van der Waals surface area (Å²) in [6.07, 6.45) is 0.224. The lowest BCUT2D eigenvalue weighted by atomic mass is 10.1. The molecule has 5 N–H and O–H groups in total. The molecule has 0 aliphatic heterocycles. The van der Waals surface area contributed by atoms with Gasteiger partial charge in [-0.1, -0.05) is 0 Å². The van der Waals surface area contributed by atoms with Crippen LogP contribution in [0.1, 0.15) is 5.56 Å². The van der Waals surface area contributed by atoms with Crippen molar-refractivity contribution in [3.05, 3.63) is 43.0 Å². The predicted molar refractivity (Wildman–Crippen MR) is 101 cm³/mol. The van der Waals surface area contributed by atoms with Crippen LogP contribution in [-0.4, -0.2) is 27.3 Å². The van der Waals surface area contributed by atoms with E-state index in [2.05, 4.69) is 45.2 Å². The third-order valence-electron chi connectivity index (χ3n) is 3.00. The minimum atomic E-state index is -1.05. The number of phenolic OH excluding ortho intramolecular Hbond substituents is 2. The molecule has 0 aromatic heterocycles. The molecule has 8 heteroatoms. The third kappa shape index (κ3) is 4.61. The number of aliphatic carboxylic acids is 1. The Morgan fingerprint density at radius 2 is 1.74 bits per heavy atom. The van der Waals surface area contributed by atoms with Crippen molar-refractivity contribution in [3.63, 3.8) is 0 Å². The first kappa shape index (κ1) is 18.1. The van der Waals surface area contributed by atoms with E-state index in [0.717, 1.165) is 12.7 Å². The maximum atomic E-state index is 10.8. The summed E-state index contributed by atoms with van der Waals surface area (Å²) in [7, 11) is 0. The first-order chi connectivity index (χ1) is 10.8. The molecule has 0 unspecified atom stereocenters. The number of benzene rings is 2. The van der Waals surface area contributed by atoms with Gasteiger partial charge in [0.1, 0.15) is 11.8 Å². The highest BCUT2D eigenvalue weighted by molar-refractivity contribution is 14.1. The molecule has 122 valence electrons. The summed E-state index contributed by atoms with van der Waals surface area (Å²) >= 11 is 4.18. The number of phenols is 2. The Morgan fingerprint density at radius 1 is 1.13 bits per heavy atom. The fourth-order valence-corrected chi connectivity index (χ4v) is 3.97. The molecule has 0 aliphatic rings. The van der Waals surface area contributed by atoms with Gasteiger partial charge in [0.05, 0.1) is 7.14 Å². The molecule has 0 spiro atoms. The lowest BCUT2D eigenvalue weighted by molar-refractivity contribution is -0.138. The van der Waals surface area contributed by atoms with Crippen LogP contribution < -0.4 is 10.5 Å². The summed E-state index contributed by atoms with van der Waals surface area (Å²) in [6.45, 7) is 0. The summed E-state index contributed by atoms with van der Waals surface area (Å²) in [5.74, 6) is -0.568. The number of nitrogens with two attached hydrogens (primary N) is 1. The SMILES string of the molecule is N[C@@H](Cc1cc(I)c(Oc2ccc(O)c(O)c2)c(I)c1)C(=O)O. The van der Waals surface area contributed by atoms with Crippen LogP contribution in [0.15, 0.2) is 30.3 Å². The molecule has 23 heavy (non-hydrogen) atoms. The second-order valence-corrected chi connectivity index (χ2v) is 7.11. The number of halogens is 2. The van der Waals surface area contributed by atoms with Gasteiger partial charge in [0.15, 0.2) is 17.2 Å². The molecule has 0 saturated heterocycles. The molecule has 0 amide bonds. The molecule has 2 aromatic carbocycles. The van der Waals surface area contributed by atoms with Crippen LogP contribution in [0.4, 0.5) is 0 Å². The number of carboxylic acids is 1. The Hall–Kier alpha value is -1.27. The summed E-state index contributed by atoms with van der Waals surface area (Å²) < 4.78 is 7.32. The Labute approximate surface area is 159 Å². The second-order valence-electron chi connectivity index (χ2n) is 4.79. The Kier molecular flexibility index (Phi) is 5.92. The van der Waals surface area contributed by atoms with Crippen LogP contribution in [0.3, 0.4) is 0 Å². The van der Waals surface area contributed by atoms with Crippen LogP contribution in [0.5, 0.6) is 23.0 Å². The van der Waals surface area contributed by atoms with E-state index >= 15 is 0 Å². The molecule has 0 aliphatic carbocycles. The van der Waals surface area contributed by atoms with Gasteiger partial charge >= 0.3 is 5.97 Å². The zero-order chi connectivity index (χ0) is 17.1. The number of aromatic hydroxyl groups is 2. The number of hydrogen-bond donors (Lipinski definition) is 4. The van der Waals surface area contributed by atoms with E-state index in [-0.39, 0.29) is 17.9 Å². The number of ether oxygens (including phenoxy) is 1. The summed E-state index contributed by atoms with van der Waals surface area (Å²) in [6, 6.07) is 6.85. The lowest BCUT2D eigenvalue weighted by Crippen LogP contribution is -2.32. The normalized spacial score (nSPS) is 12.0. The van der Waals surface area contributed by atoms with Crippen LogP contribution in [-0.2, 0) is 11.2 Å². The summed E-state index contributed by atoms with van der Waals surface area (Å²) in [4.78, 5) is 10.8. The van der Waals surface area contributed by atoms with Gasteiger partial charge in [-0.2, -0.15) is 0 Å². The molecule has 0 fully saturated rings. The van der Waals surface area contributed by atoms with E-state index in [1.165, 1.54) is 18.2 Å². The monoisotopic (exact) mass is 541 g/mol. The van der Waals surface area contributed by atoms with Gasteiger partial charge < -0.3 is 25.8 Å². The Morgan fingerprint density at radius 3 is 2.26 bits per heavy atom. The molecule has 0 bridgehead atoms. The van der Waals surface area contributed by atoms with Crippen LogP contribution in [0.2, 0.25) is 0 Å². The highest BCUT2D eigenvalue weighted by Gasteiger charge is 2.16. The van der Waals surface area contributed by atoms with Crippen molar-refractivity contribution in [2.45, 2.75) is 12.5 Å². The number of hydrogen-bond acceptors (Lipinski definition) is 5. The van der Waals surface area contributed by atoms with Gasteiger partial charge in [0.25, 0.3) is 0 Å². The summed E-state index contributed by atoms with van der Waals surface area (Å²) in [5, 5.41) is 27.7. The fourth-order valence-electron chi connectivity index (χ4n) is 1.85. The zero-order valence-electron chi connectivity index (χ0n) is 11.7. The first-order valence-corrected chi connectivity index (χ1v) is 8.60. The number of carboxylic acid groups (broad SMARTS) is 1. The molecule has 0 radical (unpaired) electrons. The van der Waals surface area contributed by atoms with E-state index < -0.39 is 12.0 Å². The molecular formula is C15H13I2NO5. The predicted octanol–water partition coefficient (Wildman–Crippen LogP) is 3.05. The lowest BCUT2D eigenvalue weighted by Gasteiger charge is -2.13. The first-order valence-electron chi connectivity index (χ1n) is 6.44. The van der Waals surface area contributed by atoms with Gasteiger partial charge in [-0.15, -0.1) is 0 Å². The standard InChI is InChI=1S/C15H13I2NO5/c16-9-3-7(5-11(18)15(21)22)4-10(17)14(9)23-8-1-2-12(19)13(20)6-8/h1-4,6,11,19-20H,5,18H2,(H,21,22)/t11-/m0/s1. The minimum Gasteiger partial charge on any atom is -0.504 e. The molecule has 0 saturated carbocycles. The number of carbonyl (C=O) groups is 1. The summed E-state index contributed by atoms with van der Waals surface area (Å²) in [5.41, 5.74) is 6.35. The van der Waals surface area contributed by atoms with Crippen molar-refractivity contribution < 1.29 is 24.9 Å². The quantitative estimate of drug-likeness (QED) is 0.342. The van der Waals surface area contributed by atoms with Crippen LogP contribution in [0, 0.1) is 7.14 Å². The maximum absolute atomic E-state index is 10.8. The molecule has 2 aromatic rings. The number of rotatable bonds is 5. The highest BCUT2D eigenvalue weighted by atomic mass is 127. The smallest absolute Gasteiger partial charge is 0.320 e. The largest absolute Gasteiger partial charge is 0.504 e. The van der Waals surface area contributed by atoms with E-state index in [9.17, 15) is 15.0 Å². The maximum Gasteiger partial charge on any atom is 0.320 e. The van der Waals surface area contributed by atoms with Gasteiger partial charge in [0, 0.05) is 6.07 Å². The van der Waals surface area contributed by atoms with Crippen LogP contribution >= 0.6 is 45.2 Å². The van der Waals surface area contributed by atoms with Gasteiger partial charge in [-0.05, 0) is 81.4 Å². The van der Waals surface area contributed by atoms with Crippen molar-refractivity contribution in [3.8, 4) is 23.0 Å². The molecule has 2 rings (SSSR count). The topological polar surface area (TPSA) is 113 Å². The van der Waals surface area contributed by atoms with E-state index in [4.69, 9.17) is 15.6 Å². The van der Waals surface area contributed by atoms with Crippen LogP contribution in [0.25, 0.3) is 0 Å². The van der Waals surface area contributed by atoms with Crippen molar-refractivity contribution in [2.24, 2.45) is 5.73 Å². The molecule has 0 heterocycles. The second kappa shape index (κ2) is 7.53. The molecule has 1 atom stereocenters. The Balaban J connectivity index is 2.26.